The van der Waals surface area contributed by atoms with E-state index in [4.69, 9.17) is 4.74 Å². The Morgan fingerprint density at radius 3 is 2.37 bits per heavy atom. The number of hydrogen-bond donors (Lipinski definition) is 0. The quantitative estimate of drug-likeness (QED) is 0.763. The molecule has 1 atom stereocenters. The van der Waals surface area contributed by atoms with Gasteiger partial charge in [0.15, 0.2) is 5.78 Å². The van der Waals surface area contributed by atoms with Crippen molar-refractivity contribution in [3.05, 3.63) is 29.8 Å². The number of methoxy groups -OCH3 is 1. The van der Waals surface area contributed by atoms with Gasteiger partial charge in [-0.25, -0.2) is 0 Å². The molecule has 2 rings (SSSR count). The molecule has 0 amide bonds. The number of likely N-dealkylation sites (N-methyl/N-ethyl adjacent to an activating group) is 1. The minimum atomic E-state index is -0.0588. The van der Waals surface area contributed by atoms with Crippen LogP contribution >= 0.6 is 0 Å². The van der Waals surface area contributed by atoms with Crippen LogP contribution in [0.25, 0.3) is 0 Å². The Kier molecular flexibility index (Phi) is 4.59. The average Bonchev–Trinajstić information content (AvgIpc) is 2.99. The predicted molar refractivity (Wildman–Crippen MR) is 76.8 cm³/mol. The molecule has 0 radical (unpaired) electrons. The minimum absolute atomic E-state index is 0.0588. The maximum absolute atomic E-state index is 12.5. The van der Waals surface area contributed by atoms with Gasteiger partial charge in [0, 0.05) is 11.6 Å². The van der Waals surface area contributed by atoms with E-state index in [1.54, 1.807) is 7.11 Å². The first-order valence-electron chi connectivity index (χ1n) is 7.03. The second kappa shape index (κ2) is 6.20. The molecule has 19 heavy (non-hydrogen) atoms. The predicted octanol–water partition coefficient (Wildman–Crippen LogP) is 3.14. The Morgan fingerprint density at radius 2 is 1.84 bits per heavy atom. The van der Waals surface area contributed by atoms with E-state index in [1.165, 1.54) is 25.7 Å². The molecule has 1 aromatic rings. The molecule has 1 unspecified atom stereocenters. The Labute approximate surface area is 115 Å². The van der Waals surface area contributed by atoms with Crippen molar-refractivity contribution >= 4 is 5.78 Å². The first-order valence-corrected chi connectivity index (χ1v) is 7.03. The van der Waals surface area contributed by atoms with Crippen molar-refractivity contribution in [2.24, 2.45) is 0 Å². The molecule has 0 saturated heterocycles. The number of Topliss-reactive ketones (excluding diaryl/α,β-unsaturated/α-hetero) is 1. The second-order valence-electron chi connectivity index (χ2n) is 5.37. The Hall–Kier alpha value is -1.35. The van der Waals surface area contributed by atoms with Crippen molar-refractivity contribution in [3.8, 4) is 5.75 Å². The minimum Gasteiger partial charge on any atom is -0.497 e. The van der Waals surface area contributed by atoms with Crippen molar-refractivity contribution in [2.75, 3.05) is 14.2 Å². The fourth-order valence-electron chi connectivity index (χ4n) is 2.81. The van der Waals surface area contributed by atoms with Gasteiger partial charge in [-0.15, -0.1) is 0 Å². The fourth-order valence-corrected chi connectivity index (χ4v) is 2.81. The zero-order chi connectivity index (χ0) is 13.8. The number of ether oxygens (including phenoxy) is 1. The molecule has 1 aromatic carbocycles. The van der Waals surface area contributed by atoms with Crippen molar-refractivity contribution in [1.82, 2.24) is 4.90 Å². The molecule has 104 valence electrons. The average molecular weight is 261 g/mol. The molecule has 1 fully saturated rings. The van der Waals surface area contributed by atoms with Crippen molar-refractivity contribution in [3.63, 3.8) is 0 Å². The van der Waals surface area contributed by atoms with Crippen LogP contribution < -0.4 is 4.74 Å². The van der Waals surface area contributed by atoms with Crippen LogP contribution in [0.1, 0.15) is 43.0 Å². The molecular formula is C16H23NO2. The maximum atomic E-state index is 12.5. The van der Waals surface area contributed by atoms with Gasteiger partial charge in [-0.3, -0.25) is 9.69 Å². The summed E-state index contributed by atoms with van der Waals surface area (Å²) in [7, 11) is 3.70. The highest BCUT2D eigenvalue weighted by Gasteiger charge is 2.27. The molecule has 1 aliphatic rings. The summed E-state index contributed by atoms with van der Waals surface area (Å²) in [4.78, 5) is 14.7. The summed E-state index contributed by atoms with van der Waals surface area (Å²) in [5.41, 5.74) is 0.762. The van der Waals surface area contributed by atoms with Crippen LogP contribution in [0.15, 0.2) is 24.3 Å². The SMILES string of the molecule is COc1ccc(C(=O)C(C)N(C)C2CCCC2)cc1. The van der Waals surface area contributed by atoms with Gasteiger partial charge in [0.25, 0.3) is 0 Å². The molecule has 0 N–H and O–H groups in total. The van der Waals surface area contributed by atoms with Crippen LogP contribution in [0.5, 0.6) is 5.75 Å². The molecule has 0 heterocycles. The monoisotopic (exact) mass is 261 g/mol. The summed E-state index contributed by atoms with van der Waals surface area (Å²) < 4.78 is 5.12. The standard InChI is InChI=1S/C16H23NO2/c1-12(17(2)14-6-4-5-7-14)16(18)13-8-10-15(19-3)11-9-13/h8-12,14H,4-7H2,1-3H3. The van der Waals surface area contributed by atoms with Gasteiger partial charge in [-0.2, -0.15) is 0 Å². The van der Waals surface area contributed by atoms with Gasteiger partial charge < -0.3 is 4.74 Å². The normalized spacial score (nSPS) is 17.7. The van der Waals surface area contributed by atoms with E-state index in [9.17, 15) is 4.79 Å². The number of benzene rings is 1. The van der Waals surface area contributed by atoms with E-state index in [1.807, 2.05) is 31.2 Å². The highest BCUT2D eigenvalue weighted by atomic mass is 16.5. The summed E-state index contributed by atoms with van der Waals surface area (Å²) in [6, 6.07) is 7.89. The lowest BCUT2D eigenvalue weighted by atomic mass is 10.0. The smallest absolute Gasteiger partial charge is 0.179 e. The van der Waals surface area contributed by atoms with E-state index >= 15 is 0 Å². The molecule has 0 aromatic heterocycles. The number of carbonyl (C=O) groups excluding carboxylic acids is 1. The number of ketones is 1. The fraction of sp³-hybridized carbons (Fsp3) is 0.562. The first kappa shape index (κ1) is 14.1. The summed E-state index contributed by atoms with van der Waals surface area (Å²) >= 11 is 0. The lowest BCUT2D eigenvalue weighted by Crippen LogP contribution is -2.41. The van der Waals surface area contributed by atoms with Crippen molar-refractivity contribution in [1.29, 1.82) is 0 Å². The number of hydrogen-bond acceptors (Lipinski definition) is 3. The molecular weight excluding hydrogens is 238 g/mol. The zero-order valence-corrected chi connectivity index (χ0v) is 12.1. The number of rotatable bonds is 5. The third kappa shape index (κ3) is 3.16. The van der Waals surface area contributed by atoms with Crippen LogP contribution in [-0.2, 0) is 0 Å². The highest BCUT2D eigenvalue weighted by molar-refractivity contribution is 5.99. The first-order chi connectivity index (χ1) is 9.13. The Balaban J connectivity index is 2.04. The molecule has 0 aliphatic heterocycles. The van der Waals surface area contributed by atoms with Gasteiger partial charge in [-0.05, 0) is 51.1 Å². The molecule has 3 nitrogen and oxygen atoms in total. The van der Waals surface area contributed by atoms with Crippen LogP contribution in [0, 0.1) is 0 Å². The number of carbonyl (C=O) groups is 1. The topological polar surface area (TPSA) is 29.5 Å². The maximum Gasteiger partial charge on any atom is 0.179 e. The third-order valence-corrected chi connectivity index (χ3v) is 4.27. The summed E-state index contributed by atoms with van der Waals surface area (Å²) in [6.45, 7) is 2.00. The largest absolute Gasteiger partial charge is 0.497 e. The zero-order valence-electron chi connectivity index (χ0n) is 12.1. The van der Waals surface area contributed by atoms with Crippen molar-refractivity contribution < 1.29 is 9.53 Å². The lowest BCUT2D eigenvalue weighted by molar-refractivity contribution is 0.0819. The van der Waals surface area contributed by atoms with E-state index in [0.29, 0.717) is 6.04 Å². The van der Waals surface area contributed by atoms with E-state index in [-0.39, 0.29) is 11.8 Å². The summed E-state index contributed by atoms with van der Waals surface area (Å²) in [5.74, 6) is 0.977. The van der Waals surface area contributed by atoms with E-state index in [0.717, 1.165) is 11.3 Å². The molecule has 1 saturated carbocycles. The molecule has 1 aliphatic carbocycles. The van der Waals surface area contributed by atoms with Gasteiger partial charge in [0.05, 0.1) is 13.2 Å². The highest BCUT2D eigenvalue weighted by Crippen LogP contribution is 2.25. The van der Waals surface area contributed by atoms with Crippen LogP contribution in [0.4, 0.5) is 0 Å². The van der Waals surface area contributed by atoms with Crippen LogP contribution in [-0.4, -0.2) is 36.9 Å². The molecule has 0 bridgehead atoms. The van der Waals surface area contributed by atoms with E-state index in [2.05, 4.69) is 11.9 Å². The van der Waals surface area contributed by atoms with E-state index < -0.39 is 0 Å². The molecule has 3 heteroatoms. The Bertz CT molecular complexity index is 421. The van der Waals surface area contributed by atoms with Crippen LogP contribution in [0.2, 0.25) is 0 Å². The molecule has 0 spiro atoms. The lowest BCUT2D eigenvalue weighted by Gasteiger charge is -2.29. The van der Waals surface area contributed by atoms with Crippen LogP contribution in [0.3, 0.4) is 0 Å². The van der Waals surface area contributed by atoms with Gasteiger partial charge >= 0.3 is 0 Å². The third-order valence-electron chi connectivity index (χ3n) is 4.27. The summed E-state index contributed by atoms with van der Waals surface area (Å²) in [5, 5.41) is 0. The second-order valence-corrected chi connectivity index (χ2v) is 5.37. The van der Waals surface area contributed by atoms with Gasteiger partial charge in [0.1, 0.15) is 5.75 Å². The summed E-state index contributed by atoms with van der Waals surface area (Å²) in [6.07, 6.45) is 5.02. The number of nitrogens with zero attached hydrogens (tertiary/aromatic N) is 1. The van der Waals surface area contributed by atoms with Gasteiger partial charge in [-0.1, -0.05) is 12.8 Å². The Morgan fingerprint density at radius 1 is 1.26 bits per heavy atom. The van der Waals surface area contributed by atoms with Gasteiger partial charge in [0.2, 0.25) is 0 Å². The van der Waals surface area contributed by atoms with Crippen molar-refractivity contribution in [2.45, 2.75) is 44.7 Å².